The molecule has 0 amide bonds. The third-order valence-electron chi connectivity index (χ3n) is 2.92. The van der Waals surface area contributed by atoms with Gasteiger partial charge in [-0.1, -0.05) is 24.4 Å². The van der Waals surface area contributed by atoms with Crippen LogP contribution in [0.4, 0.5) is 0 Å². The lowest BCUT2D eigenvalue weighted by Crippen LogP contribution is -2.01. The van der Waals surface area contributed by atoms with E-state index in [9.17, 15) is 0 Å². The molecule has 3 rings (SSSR count). The Labute approximate surface area is 109 Å². The molecule has 1 aliphatic rings. The minimum atomic E-state index is 0.459. The molecule has 1 aliphatic carbocycles. The predicted molar refractivity (Wildman–Crippen MR) is 69.4 cm³/mol. The fourth-order valence-corrected chi connectivity index (χ4v) is 2.83. The van der Waals surface area contributed by atoms with E-state index in [4.69, 9.17) is 16.3 Å². The van der Waals surface area contributed by atoms with Crippen molar-refractivity contribution < 1.29 is 4.74 Å². The van der Waals surface area contributed by atoms with Crippen LogP contribution in [0.2, 0.25) is 5.15 Å². The molecule has 0 atom stereocenters. The van der Waals surface area contributed by atoms with Gasteiger partial charge in [-0.25, -0.2) is 9.97 Å². The SMILES string of the molecule is Clc1nc(COCCC2CC2)nc2sccc12. The minimum absolute atomic E-state index is 0.459. The number of ether oxygens (including phenoxy) is 1. The molecule has 0 saturated heterocycles. The molecule has 5 heteroatoms. The molecule has 17 heavy (non-hydrogen) atoms. The van der Waals surface area contributed by atoms with Crippen molar-refractivity contribution in [3.63, 3.8) is 0 Å². The van der Waals surface area contributed by atoms with Crippen LogP contribution in [-0.4, -0.2) is 16.6 Å². The average Bonchev–Trinajstić information content (AvgIpc) is 3.01. The van der Waals surface area contributed by atoms with Gasteiger partial charge in [0.2, 0.25) is 0 Å². The topological polar surface area (TPSA) is 35.0 Å². The summed E-state index contributed by atoms with van der Waals surface area (Å²) in [6.45, 7) is 1.26. The van der Waals surface area contributed by atoms with Crippen molar-refractivity contribution in [2.24, 2.45) is 5.92 Å². The van der Waals surface area contributed by atoms with Crippen molar-refractivity contribution in [2.45, 2.75) is 25.9 Å². The molecular weight excluding hydrogens is 256 g/mol. The van der Waals surface area contributed by atoms with Crippen LogP contribution in [0.1, 0.15) is 25.1 Å². The van der Waals surface area contributed by atoms with Crippen molar-refractivity contribution in [2.75, 3.05) is 6.61 Å². The fraction of sp³-hybridized carbons (Fsp3) is 0.500. The molecule has 0 spiro atoms. The number of thiophene rings is 1. The molecule has 0 unspecified atom stereocenters. The third-order valence-corrected chi connectivity index (χ3v) is 4.02. The summed E-state index contributed by atoms with van der Waals surface area (Å²) in [7, 11) is 0. The lowest BCUT2D eigenvalue weighted by atomic mass is 10.3. The van der Waals surface area contributed by atoms with Gasteiger partial charge in [0.15, 0.2) is 5.82 Å². The summed E-state index contributed by atoms with van der Waals surface area (Å²) < 4.78 is 5.57. The van der Waals surface area contributed by atoms with E-state index in [2.05, 4.69) is 9.97 Å². The van der Waals surface area contributed by atoms with E-state index in [0.29, 0.717) is 17.6 Å². The molecule has 2 aromatic rings. The van der Waals surface area contributed by atoms with E-state index < -0.39 is 0 Å². The van der Waals surface area contributed by atoms with Crippen molar-refractivity contribution in [3.05, 3.63) is 22.4 Å². The second-order valence-electron chi connectivity index (χ2n) is 4.35. The van der Waals surface area contributed by atoms with Crippen LogP contribution in [0.15, 0.2) is 11.4 Å². The lowest BCUT2D eigenvalue weighted by molar-refractivity contribution is 0.110. The van der Waals surface area contributed by atoms with Crippen LogP contribution >= 0.6 is 22.9 Å². The Morgan fingerprint density at radius 1 is 1.41 bits per heavy atom. The van der Waals surface area contributed by atoms with Gasteiger partial charge < -0.3 is 4.74 Å². The van der Waals surface area contributed by atoms with E-state index in [0.717, 1.165) is 29.2 Å². The van der Waals surface area contributed by atoms with Gasteiger partial charge in [0, 0.05) is 12.0 Å². The number of nitrogens with zero attached hydrogens (tertiary/aromatic N) is 2. The highest BCUT2D eigenvalue weighted by atomic mass is 35.5. The third kappa shape index (κ3) is 2.76. The highest BCUT2D eigenvalue weighted by Gasteiger charge is 2.20. The molecule has 0 aromatic carbocycles. The quantitative estimate of drug-likeness (QED) is 0.613. The zero-order valence-corrected chi connectivity index (χ0v) is 10.9. The molecule has 1 saturated carbocycles. The van der Waals surface area contributed by atoms with Crippen LogP contribution in [0, 0.1) is 5.92 Å². The molecule has 0 radical (unpaired) electrons. The van der Waals surface area contributed by atoms with Crippen molar-refractivity contribution in [1.82, 2.24) is 9.97 Å². The summed E-state index contributed by atoms with van der Waals surface area (Å²) in [6, 6.07) is 1.94. The number of rotatable bonds is 5. The van der Waals surface area contributed by atoms with E-state index >= 15 is 0 Å². The first-order valence-electron chi connectivity index (χ1n) is 5.80. The number of hydrogen-bond acceptors (Lipinski definition) is 4. The van der Waals surface area contributed by atoms with E-state index in [1.54, 1.807) is 11.3 Å². The van der Waals surface area contributed by atoms with E-state index in [-0.39, 0.29) is 0 Å². The molecule has 90 valence electrons. The lowest BCUT2D eigenvalue weighted by Gasteiger charge is -2.03. The van der Waals surface area contributed by atoms with Gasteiger partial charge >= 0.3 is 0 Å². The first-order valence-corrected chi connectivity index (χ1v) is 7.06. The molecule has 0 N–H and O–H groups in total. The van der Waals surface area contributed by atoms with Gasteiger partial charge in [0.1, 0.15) is 16.6 Å². The van der Waals surface area contributed by atoms with Gasteiger partial charge in [0.25, 0.3) is 0 Å². The van der Waals surface area contributed by atoms with Gasteiger partial charge in [-0.15, -0.1) is 11.3 Å². The van der Waals surface area contributed by atoms with Crippen LogP contribution in [0.3, 0.4) is 0 Å². The van der Waals surface area contributed by atoms with Gasteiger partial charge in [0.05, 0.1) is 0 Å². The summed E-state index contributed by atoms with van der Waals surface area (Å²) in [6.07, 6.45) is 3.90. The standard InChI is InChI=1S/C12H13ClN2OS/c13-11-9-4-6-17-12(9)15-10(14-11)7-16-5-3-8-1-2-8/h4,6,8H,1-3,5,7H2. The maximum Gasteiger partial charge on any atom is 0.157 e. The normalized spacial score (nSPS) is 15.6. The van der Waals surface area contributed by atoms with Crippen LogP contribution in [0.25, 0.3) is 10.2 Å². The molecule has 2 heterocycles. The highest BCUT2D eigenvalue weighted by Crippen LogP contribution is 2.32. The average molecular weight is 269 g/mol. The van der Waals surface area contributed by atoms with E-state index in [1.807, 2.05) is 11.4 Å². The number of halogens is 1. The van der Waals surface area contributed by atoms with Crippen LogP contribution < -0.4 is 0 Å². The Kier molecular flexibility index (Phi) is 3.27. The largest absolute Gasteiger partial charge is 0.373 e. The van der Waals surface area contributed by atoms with Crippen LogP contribution in [0.5, 0.6) is 0 Å². The Morgan fingerprint density at radius 3 is 3.12 bits per heavy atom. The number of aromatic nitrogens is 2. The summed E-state index contributed by atoms with van der Waals surface area (Å²) in [5, 5.41) is 3.43. The van der Waals surface area contributed by atoms with Crippen molar-refractivity contribution in [1.29, 1.82) is 0 Å². The Bertz CT molecular complexity index is 524. The molecule has 3 nitrogen and oxygen atoms in total. The smallest absolute Gasteiger partial charge is 0.157 e. The summed E-state index contributed by atoms with van der Waals surface area (Å²) >= 11 is 7.66. The summed E-state index contributed by atoms with van der Waals surface area (Å²) in [5.74, 6) is 1.58. The molecule has 2 aromatic heterocycles. The highest BCUT2D eigenvalue weighted by molar-refractivity contribution is 7.16. The Balaban J connectivity index is 1.63. The molecule has 0 aliphatic heterocycles. The maximum absolute atomic E-state index is 6.08. The molecular formula is C12H13ClN2OS. The van der Waals surface area contributed by atoms with Gasteiger partial charge in [-0.05, 0) is 23.8 Å². The maximum atomic E-state index is 6.08. The van der Waals surface area contributed by atoms with Crippen molar-refractivity contribution in [3.8, 4) is 0 Å². The predicted octanol–water partition coefficient (Wildman–Crippen LogP) is 3.66. The number of fused-ring (bicyclic) bond motifs is 1. The van der Waals surface area contributed by atoms with Crippen molar-refractivity contribution >= 4 is 33.2 Å². The van der Waals surface area contributed by atoms with E-state index in [1.165, 1.54) is 12.8 Å². The van der Waals surface area contributed by atoms with Gasteiger partial charge in [-0.3, -0.25) is 0 Å². The summed E-state index contributed by atoms with van der Waals surface area (Å²) in [4.78, 5) is 9.60. The Morgan fingerprint density at radius 2 is 2.29 bits per heavy atom. The first kappa shape index (κ1) is 11.4. The molecule has 0 bridgehead atoms. The fourth-order valence-electron chi connectivity index (χ4n) is 1.75. The second-order valence-corrected chi connectivity index (χ2v) is 5.61. The zero-order chi connectivity index (χ0) is 11.7. The summed E-state index contributed by atoms with van der Waals surface area (Å²) in [5.41, 5.74) is 0. The van der Waals surface area contributed by atoms with Crippen LogP contribution in [-0.2, 0) is 11.3 Å². The number of hydrogen-bond donors (Lipinski definition) is 0. The first-order chi connectivity index (χ1) is 8.33. The Hall–Kier alpha value is -0.710. The zero-order valence-electron chi connectivity index (χ0n) is 9.36. The monoisotopic (exact) mass is 268 g/mol. The second kappa shape index (κ2) is 4.88. The molecule has 1 fully saturated rings. The van der Waals surface area contributed by atoms with Gasteiger partial charge in [-0.2, -0.15) is 0 Å². The minimum Gasteiger partial charge on any atom is -0.373 e.